The molecule has 0 fully saturated rings. The molecule has 30 heavy (non-hydrogen) atoms. The Hall–Kier alpha value is -2.96. The number of aryl methyl sites for hydroxylation is 1. The van der Waals surface area contributed by atoms with Crippen LogP contribution in [0.3, 0.4) is 0 Å². The molecule has 152 valence electrons. The number of aromatic nitrogens is 2. The maximum atomic E-state index is 11.8. The highest BCUT2D eigenvalue weighted by Crippen LogP contribution is 2.36. The molecule has 2 heterocycles. The number of rotatable bonds is 4. The maximum absolute atomic E-state index is 11.8. The lowest BCUT2D eigenvalue weighted by Gasteiger charge is -2.15. The SMILES string of the molecule is Cc1cc(-c2cc3ccc(=O)[nH]c3nc2-c2ccccc2)cc(Cl)c1CS(C)(=O)=O. The molecule has 0 aliphatic heterocycles. The van der Waals surface area contributed by atoms with Crippen molar-refractivity contribution in [3.05, 3.63) is 87.2 Å². The topological polar surface area (TPSA) is 79.9 Å². The lowest BCUT2D eigenvalue weighted by atomic mass is 9.95. The molecular formula is C23H19ClN2O3S. The minimum Gasteiger partial charge on any atom is -0.307 e. The van der Waals surface area contributed by atoms with Gasteiger partial charge in [0.05, 0.1) is 11.4 Å². The van der Waals surface area contributed by atoms with Crippen LogP contribution in [0.25, 0.3) is 33.4 Å². The largest absolute Gasteiger partial charge is 0.307 e. The van der Waals surface area contributed by atoms with E-state index in [0.717, 1.165) is 27.6 Å². The van der Waals surface area contributed by atoms with Gasteiger partial charge in [0.1, 0.15) is 5.65 Å². The fourth-order valence-corrected chi connectivity index (χ4v) is 4.81. The van der Waals surface area contributed by atoms with Crippen molar-refractivity contribution in [3.8, 4) is 22.4 Å². The van der Waals surface area contributed by atoms with Crippen LogP contribution in [0, 0.1) is 6.92 Å². The van der Waals surface area contributed by atoms with Crippen molar-refractivity contribution in [3.63, 3.8) is 0 Å². The number of hydrogen-bond donors (Lipinski definition) is 1. The third-order valence-electron chi connectivity index (χ3n) is 4.89. The molecule has 1 N–H and O–H groups in total. The van der Waals surface area contributed by atoms with Crippen LogP contribution in [-0.4, -0.2) is 24.6 Å². The Morgan fingerprint density at radius 1 is 1.00 bits per heavy atom. The number of H-pyrrole nitrogens is 1. The number of nitrogens with one attached hydrogen (secondary N) is 1. The number of hydrogen-bond acceptors (Lipinski definition) is 4. The van der Waals surface area contributed by atoms with Gasteiger partial charge in [-0.1, -0.05) is 48.0 Å². The van der Waals surface area contributed by atoms with Crippen LogP contribution in [0.1, 0.15) is 11.1 Å². The van der Waals surface area contributed by atoms with E-state index in [-0.39, 0.29) is 11.3 Å². The fourth-order valence-electron chi connectivity index (χ4n) is 3.49. The quantitative estimate of drug-likeness (QED) is 0.498. The van der Waals surface area contributed by atoms with Crippen molar-refractivity contribution in [2.45, 2.75) is 12.7 Å². The summed E-state index contributed by atoms with van der Waals surface area (Å²) >= 11 is 6.50. The summed E-state index contributed by atoms with van der Waals surface area (Å²) in [5, 5.41) is 1.19. The number of halogens is 1. The van der Waals surface area contributed by atoms with Crippen molar-refractivity contribution in [1.29, 1.82) is 0 Å². The molecule has 4 aromatic rings. The predicted molar refractivity (Wildman–Crippen MR) is 122 cm³/mol. The van der Waals surface area contributed by atoms with Gasteiger partial charge in [-0.3, -0.25) is 4.79 Å². The van der Waals surface area contributed by atoms with Crippen LogP contribution >= 0.6 is 11.6 Å². The van der Waals surface area contributed by atoms with E-state index in [1.54, 1.807) is 12.1 Å². The van der Waals surface area contributed by atoms with Crippen LogP contribution in [0.4, 0.5) is 0 Å². The van der Waals surface area contributed by atoms with E-state index in [0.29, 0.717) is 21.9 Å². The monoisotopic (exact) mass is 438 g/mol. The zero-order valence-corrected chi connectivity index (χ0v) is 18.0. The Kier molecular flexibility index (Phi) is 5.22. The van der Waals surface area contributed by atoms with Gasteiger partial charge in [0.25, 0.3) is 0 Å². The van der Waals surface area contributed by atoms with Crippen molar-refractivity contribution in [2.75, 3.05) is 6.26 Å². The minimum absolute atomic E-state index is 0.110. The molecule has 0 aliphatic rings. The molecule has 0 atom stereocenters. The Bertz CT molecular complexity index is 1410. The molecule has 0 saturated carbocycles. The molecule has 0 amide bonds. The van der Waals surface area contributed by atoms with E-state index in [1.807, 2.05) is 49.4 Å². The summed E-state index contributed by atoms with van der Waals surface area (Å²) in [4.78, 5) is 19.3. The Balaban J connectivity index is 1.98. The van der Waals surface area contributed by atoms with Gasteiger partial charge in [-0.15, -0.1) is 0 Å². The highest BCUT2D eigenvalue weighted by atomic mass is 35.5. The van der Waals surface area contributed by atoms with Crippen LogP contribution < -0.4 is 5.56 Å². The standard InChI is InChI=1S/C23H19ClN2O3S/c1-14-10-17(12-20(24)19(14)13-30(2,28)29)18-11-16-8-9-21(27)25-23(16)26-22(18)15-6-4-3-5-7-15/h3-12H,13H2,1-2H3,(H,25,26,27). The van der Waals surface area contributed by atoms with Gasteiger partial charge in [-0.05, 0) is 41.8 Å². The number of benzene rings is 2. The number of pyridine rings is 2. The van der Waals surface area contributed by atoms with E-state index in [4.69, 9.17) is 16.6 Å². The van der Waals surface area contributed by atoms with E-state index < -0.39 is 9.84 Å². The van der Waals surface area contributed by atoms with Crippen molar-refractivity contribution >= 4 is 32.5 Å². The van der Waals surface area contributed by atoms with Gasteiger partial charge in [-0.2, -0.15) is 0 Å². The summed E-state index contributed by atoms with van der Waals surface area (Å²) < 4.78 is 23.6. The number of nitrogens with zero attached hydrogens (tertiary/aromatic N) is 1. The maximum Gasteiger partial charge on any atom is 0.249 e. The van der Waals surface area contributed by atoms with E-state index in [2.05, 4.69) is 4.98 Å². The van der Waals surface area contributed by atoms with Crippen LogP contribution in [0.5, 0.6) is 0 Å². The summed E-state index contributed by atoms with van der Waals surface area (Å²) in [6.07, 6.45) is 1.19. The molecule has 0 spiro atoms. The van der Waals surface area contributed by atoms with Gasteiger partial charge in [0.15, 0.2) is 9.84 Å². The predicted octanol–water partition coefficient (Wildman–Crippen LogP) is 4.76. The molecule has 5 nitrogen and oxygen atoms in total. The summed E-state index contributed by atoms with van der Waals surface area (Å²) in [7, 11) is -3.21. The molecule has 7 heteroatoms. The van der Waals surface area contributed by atoms with Gasteiger partial charge < -0.3 is 4.98 Å². The molecule has 2 aromatic heterocycles. The zero-order chi connectivity index (χ0) is 21.5. The molecular weight excluding hydrogens is 420 g/mol. The summed E-state index contributed by atoms with van der Waals surface area (Å²) in [5.41, 5.74) is 4.95. The average molecular weight is 439 g/mol. The van der Waals surface area contributed by atoms with Crippen molar-refractivity contribution < 1.29 is 8.42 Å². The molecule has 0 aliphatic carbocycles. The average Bonchev–Trinajstić information content (AvgIpc) is 2.69. The molecule has 2 aromatic carbocycles. The Morgan fingerprint density at radius 2 is 1.73 bits per heavy atom. The van der Waals surface area contributed by atoms with Gasteiger partial charge in [-0.25, -0.2) is 13.4 Å². The van der Waals surface area contributed by atoms with Gasteiger partial charge >= 0.3 is 0 Å². The van der Waals surface area contributed by atoms with Crippen LogP contribution in [0.2, 0.25) is 5.02 Å². The van der Waals surface area contributed by atoms with Crippen molar-refractivity contribution in [2.24, 2.45) is 0 Å². The smallest absolute Gasteiger partial charge is 0.249 e. The third kappa shape index (κ3) is 4.15. The van der Waals surface area contributed by atoms with Gasteiger partial charge in [0.2, 0.25) is 5.56 Å². The van der Waals surface area contributed by atoms with Crippen molar-refractivity contribution in [1.82, 2.24) is 9.97 Å². The molecule has 4 rings (SSSR count). The number of fused-ring (bicyclic) bond motifs is 1. The first-order chi connectivity index (χ1) is 14.2. The third-order valence-corrected chi connectivity index (χ3v) is 6.04. The Labute approximate surface area is 179 Å². The first-order valence-electron chi connectivity index (χ1n) is 9.28. The van der Waals surface area contributed by atoms with E-state index in [9.17, 15) is 13.2 Å². The van der Waals surface area contributed by atoms with Crippen LogP contribution in [-0.2, 0) is 15.6 Å². The normalized spacial score (nSPS) is 11.7. The second kappa shape index (κ2) is 7.70. The lowest BCUT2D eigenvalue weighted by molar-refractivity contribution is 0.601. The second-order valence-electron chi connectivity index (χ2n) is 7.33. The molecule has 0 radical (unpaired) electrons. The number of aromatic amines is 1. The summed E-state index contributed by atoms with van der Waals surface area (Å²) in [5.74, 6) is -0.110. The molecule has 0 bridgehead atoms. The number of sulfone groups is 1. The summed E-state index contributed by atoms with van der Waals surface area (Å²) in [6.45, 7) is 1.85. The van der Waals surface area contributed by atoms with E-state index in [1.165, 1.54) is 12.3 Å². The van der Waals surface area contributed by atoms with Crippen LogP contribution in [0.15, 0.2) is 65.5 Å². The zero-order valence-electron chi connectivity index (χ0n) is 16.4. The Morgan fingerprint density at radius 3 is 2.40 bits per heavy atom. The fraction of sp³-hybridized carbons (Fsp3) is 0.130. The highest BCUT2D eigenvalue weighted by molar-refractivity contribution is 7.89. The molecule has 0 saturated heterocycles. The first kappa shape index (κ1) is 20.3. The van der Waals surface area contributed by atoms with Gasteiger partial charge in [0, 0.05) is 33.9 Å². The highest BCUT2D eigenvalue weighted by Gasteiger charge is 2.17. The minimum atomic E-state index is -3.21. The lowest BCUT2D eigenvalue weighted by Crippen LogP contribution is -2.05. The van der Waals surface area contributed by atoms with E-state index >= 15 is 0 Å². The summed E-state index contributed by atoms with van der Waals surface area (Å²) in [6, 6.07) is 18.5. The first-order valence-corrected chi connectivity index (χ1v) is 11.7. The molecule has 0 unspecified atom stereocenters. The second-order valence-corrected chi connectivity index (χ2v) is 9.88.